The topological polar surface area (TPSA) is 53.8 Å². The predicted molar refractivity (Wildman–Crippen MR) is 130 cm³/mol. The van der Waals surface area contributed by atoms with Gasteiger partial charge >= 0.3 is 0 Å². The Morgan fingerprint density at radius 2 is 1.94 bits per heavy atom. The summed E-state index contributed by atoms with van der Waals surface area (Å²) < 4.78 is 0. The van der Waals surface area contributed by atoms with Crippen LogP contribution in [0.3, 0.4) is 0 Å². The number of hydrogen-bond donors (Lipinski definition) is 2. The summed E-state index contributed by atoms with van der Waals surface area (Å²) in [6.07, 6.45) is 17.9. The van der Waals surface area contributed by atoms with Gasteiger partial charge in [-0.05, 0) is 112 Å². The normalized spacial score (nSPS) is 44.1. The van der Waals surface area contributed by atoms with Crippen LogP contribution in [0.15, 0.2) is 28.5 Å². The zero-order valence-corrected chi connectivity index (χ0v) is 20.5. The maximum absolute atomic E-state index is 10.2. The van der Waals surface area contributed by atoms with Gasteiger partial charge in [0.15, 0.2) is 0 Å². The number of aliphatic hydroxyl groups excluding tert-OH is 1. The molecular weight excluding hydrogens is 396 g/mol. The molecule has 4 aliphatic carbocycles. The molecule has 0 radical (unpaired) electrons. The van der Waals surface area contributed by atoms with E-state index in [-0.39, 0.29) is 11.5 Å². The second-order valence-corrected chi connectivity index (χ2v) is 11.9. The third-order valence-corrected chi connectivity index (χ3v) is 10.2. The molecule has 32 heavy (non-hydrogen) atoms. The maximum Gasteiger partial charge on any atom is 0.118 e. The molecule has 1 aliphatic heterocycles. The average Bonchev–Trinajstić information content (AvgIpc) is 3.15. The molecule has 2 N–H and O–H groups in total. The van der Waals surface area contributed by atoms with E-state index in [0.717, 1.165) is 49.8 Å². The fourth-order valence-electron chi connectivity index (χ4n) is 8.33. The van der Waals surface area contributed by atoms with Crippen molar-refractivity contribution in [2.75, 3.05) is 13.2 Å². The number of nitrogens with one attached hydrogen (secondary N) is 1. The molecule has 0 aromatic rings. The van der Waals surface area contributed by atoms with Crippen molar-refractivity contribution in [1.82, 2.24) is 5.32 Å². The van der Waals surface area contributed by atoms with Crippen LogP contribution in [0.2, 0.25) is 0 Å². The van der Waals surface area contributed by atoms with Crippen LogP contribution in [0.25, 0.3) is 0 Å². The molecule has 0 aromatic carbocycles. The molecule has 0 amide bonds. The van der Waals surface area contributed by atoms with Crippen molar-refractivity contribution in [3.8, 4) is 0 Å². The summed E-state index contributed by atoms with van der Waals surface area (Å²) in [5, 5.41) is 18.4. The minimum absolute atomic E-state index is 0.118. The third kappa shape index (κ3) is 3.90. The number of nitrogens with zero attached hydrogens (tertiary/aromatic N) is 1. The van der Waals surface area contributed by atoms with Crippen molar-refractivity contribution in [3.63, 3.8) is 0 Å². The second-order valence-electron chi connectivity index (χ2n) is 11.9. The molecule has 5 rings (SSSR count). The molecule has 5 aliphatic rings. The van der Waals surface area contributed by atoms with Gasteiger partial charge in [0.25, 0.3) is 0 Å². The number of fused-ring (bicyclic) bond motifs is 5. The monoisotopic (exact) mass is 440 g/mol. The first-order valence-electron chi connectivity index (χ1n) is 13.4. The van der Waals surface area contributed by atoms with Gasteiger partial charge in [-0.25, -0.2) is 0 Å². The molecule has 1 saturated heterocycles. The molecular formula is C28H44N2O2. The van der Waals surface area contributed by atoms with Gasteiger partial charge in [0.2, 0.25) is 0 Å². The first-order chi connectivity index (χ1) is 15.4. The number of aliphatic hydroxyl groups is 1. The molecule has 0 spiro atoms. The minimum atomic E-state index is -0.118. The fourth-order valence-corrected chi connectivity index (χ4v) is 8.33. The minimum Gasteiger partial charge on any atom is -0.396 e. The summed E-state index contributed by atoms with van der Waals surface area (Å²) in [5.41, 5.74) is 4.66. The summed E-state index contributed by atoms with van der Waals surface area (Å²) in [4.78, 5) is 5.81. The molecule has 4 nitrogen and oxygen atoms in total. The van der Waals surface area contributed by atoms with Gasteiger partial charge in [-0.1, -0.05) is 43.1 Å². The van der Waals surface area contributed by atoms with Crippen LogP contribution in [0.4, 0.5) is 0 Å². The van der Waals surface area contributed by atoms with Crippen LogP contribution in [-0.4, -0.2) is 36.1 Å². The molecule has 178 valence electrons. The van der Waals surface area contributed by atoms with Crippen molar-refractivity contribution in [3.05, 3.63) is 23.3 Å². The summed E-state index contributed by atoms with van der Waals surface area (Å²) in [6, 6.07) is 0.605. The van der Waals surface area contributed by atoms with Crippen molar-refractivity contribution in [1.29, 1.82) is 0 Å². The Labute approximate surface area is 194 Å². The smallest absolute Gasteiger partial charge is 0.118 e. The van der Waals surface area contributed by atoms with Gasteiger partial charge in [0, 0.05) is 6.04 Å². The Morgan fingerprint density at radius 3 is 2.75 bits per heavy atom. The highest BCUT2D eigenvalue weighted by Gasteiger charge is 2.56. The standard InChI is InChI=1S/C28H44N2O2/c1-19(30-32-17-13-21-6-4-5-16-29-21)24-9-10-25-23-8-7-20-18-22(31)11-14-27(20,2)26(23)12-15-28(24,25)3/h7,9,21-23,25-26,29,31H,4-6,8,10-18H2,1-3H3/t21?,22?,23-,25-,26-,27-,28+/m0/s1. The number of rotatable bonds is 5. The van der Waals surface area contributed by atoms with E-state index in [1.54, 1.807) is 5.57 Å². The summed E-state index contributed by atoms with van der Waals surface area (Å²) in [7, 11) is 0. The predicted octanol–water partition coefficient (Wildman–Crippen LogP) is 5.77. The van der Waals surface area contributed by atoms with E-state index in [2.05, 4.69) is 43.4 Å². The van der Waals surface area contributed by atoms with Gasteiger partial charge in [-0.3, -0.25) is 0 Å². The van der Waals surface area contributed by atoms with Crippen molar-refractivity contribution in [2.24, 2.45) is 33.7 Å². The van der Waals surface area contributed by atoms with Crippen molar-refractivity contribution < 1.29 is 9.94 Å². The summed E-state index contributed by atoms with van der Waals surface area (Å²) >= 11 is 0. The quantitative estimate of drug-likeness (QED) is 0.247. The Balaban J connectivity index is 1.24. The lowest BCUT2D eigenvalue weighted by atomic mass is 9.47. The molecule has 3 fully saturated rings. The summed E-state index contributed by atoms with van der Waals surface area (Å²) in [6.45, 7) is 9.04. The number of allylic oxidation sites excluding steroid dienone is 3. The summed E-state index contributed by atoms with van der Waals surface area (Å²) in [5.74, 6) is 2.25. The van der Waals surface area contributed by atoms with E-state index < -0.39 is 0 Å². The first-order valence-corrected chi connectivity index (χ1v) is 13.4. The van der Waals surface area contributed by atoms with Crippen LogP contribution in [-0.2, 0) is 4.84 Å². The van der Waals surface area contributed by atoms with Crippen LogP contribution in [0.1, 0.15) is 91.4 Å². The largest absolute Gasteiger partial charge is 0.396 e. The zero-order chi connectivity index (χ0) is 22.3. The Hall–Kier alpha value is -1.13. The van der Waals surface area contributed by atoms with Crippen LogP contribution >= 0.6 is 0 Å². The molecule has 0 aromatic heterocycles. The Morgan fingerprint density at radius 1 is 1.09 bits per heavy atom. The molecule has 0 bridgehead atoms. The average molecular weight is 441 g/mol. The Bertz CT molecular complexity index is 795. The van der Waals surface area contributed by atoms with Crippen molar-refractivity contribution >= 4 is 5.71 Å². The zero-order valence-electron chi connectivity index (χ0n) is 20.5. The second kappa shape index (κ2) is 8.91. The van der Waals surface area contributed by atoms with Crippen LogP contribution < -0.4 is 5.32 Å². The lowest BCUT2D eigenvalue weighted by molar-refractivity contribution is -0.0280. The number of oxime groups is 1. The first kappa shape index (κ1) is 22.7. The van der Waals surface area contributed by atoms with Gasteiger partial charge in [-0.15, -0.1) is 0 Å². The van der Waals surface area contributed by atoms with E-state index in [0.29, 0.717) is 24.0 Å². The lowest BCUT2D eigenvalue weighted by Gasteiger charge is -2.57. The molecule has 7 atom stereocenters. The van der Waals surface area contributed by atoms with Crippen LogP contribution in [0, 0.1) is 28.6 Å². The van der Waals surface area contributed by atoms with E-state index in [9.17, 15) is 5.11 Å². The molecule has 1 heterocycles. The third-order valence-electron chi connectivity index (χ3n) is 10.2. The van der Waals surface area contributed by atoms with E-state index in [1.807, 2.05) is 0 Å². The van der Waals surface area contributed by atoms with Gasteiger partial charge in [0.1, 0.15) is 6.61 Å². The highest BCUT2D eigenvalue weighted by Crippen LogP contribution is 2.65. The lowest BCUT2D eigenvalue weighted by Crippen LogP contribution is -2.50. The fraction of sp³-hybridized carbons (Fsp3) is 0.821. The van der Waals surface area contributed by atoms with Crippen LogP contribution in [0.5, 0.6) is 0 Å². The van der Waals surface area contributed by atoms with Gasteiger partial charge in [-0.2, -0.15) is 0 Å². The molecule has 2 unspecified atom stereocenters. The SMILES string of the molecule is CC(=NOCCC1CCCCN1)C1=CC[C@H]2[C@@H]3CC=C4CC(O)CC[C@]4(C)[C@H]3CC[C@]12C. The number of piperidine rings is 1. The molecule has 4 heteroatoms. The molecule has 2 saturated carbocycles. The van der Waals surface area contributed by atoms with Gasteiger partial charge in [0.05, 0.1) is 11.8 Å². The maximum atomic E-state index is 10.2. The van der Waals surface area contributed by atoms with E-state index in [4.69, 9.17) is 4.84 Å². The highest BCUT2D eigenvalue weighted by molar-refractivity contribution is 5.99. The van der Waals surface area contributed by atoms with E-state index in [1.165, 1.54) is 50.5 Å². The number of hydrogen-bond acceptors (Lipinski definition) is 4. The van der Waals surface area contributed by atoms with Gasteiger partial charge < -0.3 is 15.3 Å². The Kier molecular flexibility index (Phi) is 6.30. The highest BCUT2D eigenvalue weighted by atomic mass is 16.6. The van der Waals surface area contributed by atoms with E-state index >= 15 is 0 Å². The van der Waals surface area contributed by atoms with Crippen molar-refractivity contribution in [2.45, 2.75) is 104 Å².